The highest BCUT2D eigenvalue weighted by atomic mass is 16.7. The monoisotopic (exact) mass is 1310 g/mol. The lowest BCUT2D eigenvalue weighted by molar-refractivity contribution is -0.351. The van der Waals surface area contributed by atoms with Crippen molar-refractivity contribution in [3.8, 4) is 0 Å². The summed E-state index contributed by atoms with van der Waals surface area (Å²) in [5, 5.41) is 3.35. The molecule has 3 fully saturated rings. The van der Waals surface area contributed by atoms with E-state index in [9.17, 15) is 0 Å². The number of nitrogens with one attached hydrogen (secondary N) is 1. The molecule has 18 heteroatoms. The van der Waals surface area contributed by atoms with Crippen LogP contribution in [0.1, 0.15) is 57.3 Å². The fourth-order valence-corrected chi connectivity index (χ4v) is 12.5. The third-order valence-corrected chi connectivity index (χ3v) is 17.5. The van der Waals surface area contributed by atoms with Crippen molar-refractivity contribution in [1.29, 1.82) is 0 Å². The maximum Gasteiger partial charge on any atom is 0.249 e. The highest BCUT2D eigenvalue weighted by Crippen LogP contribution is 2.38. The van der Waals surface area contributed by atoms with Crippen LogP contribution in [0, 0.1) is 0 Å². The summed E-state index contributed by atoms with van der Waals surface area (Å²) in [5.41, 5.74) is 35.5. The predicted octanol–water partition coefficient (Wildman–Crippen LogP) is 9.37. The molecule has 2 heterocycles. The van der Waals surface area contributed by atoms with E-state index in [1.165, 1.54) is 0 Å². The molecule has 506 valence electrons. The average Bonchev–Trinajstić information content (AvgIpc) is 0.799. The van der Waals surface area contributed by atoms with Crippen molar-refractivity contribution < 1.29 is 61.6 Å². The second-order valence-corrected chi connectivity index (χ2v) is 24.5. The molecule has 2 saturated heterocycles. The minimum Gasteiger partial charge on any atom is -0.374 e. The molecule has 1 saturated carbocycles. The van der Waals surface area contributed by atoms with Crippen LogP contribution >= 0.6 is 0 Å². The molecule has 18 nitrogen and oxygen atoms in total. The molecule has 1 amide bonds. The Labute approximate surface area is 563 Å². The van der Waals surface area contributed by atoms with Crippen LogP contribution in [0.2, 0.25) is 0 Å². The number of hydrogen-bond acceptors (Lipinski definition) is 17. The molecule has 16 atom stereocenters. The van der Waals surface area contributed by atoms with Crippen molar-refractivity contribution in [2.75, 3.05) is 19.7 Å². The molecule has 3 aliphatic rings. The molecule has 0 aromatic heterocycles. The molecule has 11 rings (SSSR count). The summed E-state index contributed by atoms with van der Waals surface area (Å²) >= 11 is 0. The summed E-state index contributed by atoms with van der Waals surface area (Å²) in [5.74, 6) is -0.432. The smallest absolute Gasteiger partial charge is 0.249 e. The van der Waals surface area contributed by atoms with Crippen LogP contribution in [0.25, 0.3) is 0 Å². The first-order valence-corrected chi connectivity index (χ1v) is 33.3. The van der Waals surface area contributed by atoms with Gasteiger partial charge in [-0.1, -0.05) is 243 Å². The van der Waals surface area contributed by atoms with Crippen LogP contribution in [0.3, 0.4) is 0 Å². The maximum atomic E-state index is 15.2. The van der Waals surface area contributed by atoms with Gasteiger partial charge in [-0.05, 0) is 63.9 Å². The Morgan fingerprint density at radius 2 is 0.740 bits per heavy atom. The standard InChI is InChI=1S/C78H91N5O13/c79-42-41-64(86-46-55-27-11-2-12-28-55)76(84)83-63-43-62(81)68(95-78-75(92-52-61-39-23-8-24-40-61)74(91-51-60-37-21-7-22-38-60)71(65(44-80)93-78)88-48-57-31-15-4-16-32-57)73(90-50-59-35-19-6-20-36-59)69(63)96-77-72(89-49-58-33-17-5-18-34-58)67(82)70(87-47-56-29-13-3-14-30-56)66(94-77)53-85-45-54-25-9-1-10-26-54/h1-40,62-75,77-78H,41-53,79-82H2,(H,83,84)/t62-,63+,64?,65-,66-,67+,68+,69-,70-,71-,72-,73-,74+,75-,77-,78-/m1/s1. The van der Waals surface area contributed by atoms with E-state index >= 15 is 4.79 Å². The third kappa shape index (κ3) is 19.9. The van der Waals surface area contributed by atoms with Crippen molar-refractivity contribution in [2.45, 2.75) is 164 Å². The summed E-state index contributed by atoms with van der Waals surface area (Å²) in [4.78, 5) is 15.2. The normalized spacial score (nSPS) is 26.2. The van der Waals surface area contributed by atoms with Gasteiger partial charge in [-0.15, -0.1) is 0 Å². The molecule has 0 radical (unpaired) electrons. The molecular weight excluding hydrogens is 1210 g/mol. The van der Waals surface area contributed by atoms with Gasteiger partial charge >= 0.3 is 0 Å². The minimum atomic E-state index is -1.27. The Kier molecular flexibility index (Phi) is 26.8. The number of benzene rings is 8. The van der Waals surface area contributed by atoms with Gasteiger partial charge in [0.15, 0.2) is 12.6 Å². The molecule has 8 aromatic carbocycles. The maximum absolute atomic E-state index is 15.2. The Morgan fingerprint density at radius 1 is 0.396 bits per heavy atom. The van der Waals surface area contributed by atoms with Gasteiger partial charge in [0.2, 0.25) is 5.91 Å². The van der Waals surface area contributed by atoms with Crippen molar-refractivity contribution in [2.24, 2.45) is 22.9 Å². The van der Waals surface area contributed by atoms with Crippen LogP contribution in [-0.2, 0) is 114 Å². The number of hydrogen-bond donors (Lipinski definition) is 5. The first-order chi connectivity index (χ1) is 47.3. The summed E-state index contributed by atoms with van der Waals surface area (Å²) < 4.78 is 84.6. The Bertz CT molecular complexity index is 3460. The van der Waals surface area contributed by atoms with Crippen molar-refractivity contribution in [3.63, 3.8) is 0 Å². The van der Waals surface area contributed by atoms with Gasteiger partial charge in [-0.25, -0.2) is 0 Å². The van der Waals surface area contributed by atoms with E-state index in [0.29, 0.717) is 0 Å². The lowest BCUT2D eigenvalue weighted by Gasteiger charge is -2.51. The van der Waals surface area contributed by atoms with Crippen molar-refractivity contribution in [1.82, 2.24) is 5.32 Å². The van der Waals surface area contributed by atoms with Crippen molar-refractivity contribution >= 4 is 5.91 Å². The van der Waals surface area contributed by atoms with Crippen LogP contribution in [-0.4, -0.2) is 123 Å². The number of rotatable bonds is 34. The first kappa shape index (κ1) is 69.9. The number of carbonyl (C=O) groups excluding carboxylic acids is 1. The summed E-state index contributed by atoms with van der Waals surface area (Å²) in [6, 6.07) is 76.0. The van der Waals surface area contributed by atoms with Gasteiger partial charge in [-0.3, -0.25) is 4.79 Å². The van der Waals surface area contributed by atoms with Gasteiger partial charge in [0.05, 0.1) is 71.5 Å². The zero-order valence-corrected chi connectivity index (χ0v) is 54.1. The molecule has 8 aromatic rings. The van der Waals surface area contributed by atoms with Gasteiger partial charge in [0.1, 0.15) is 67.1 Å². The molecule has 2 aliphatic heterocycles. The quantitative estimate of drug-likeness (QED) is 0.0252. The molecule has 9 N–H and O–H groups in total. The van der Waals surface area contributed by atoms with E-state index in [4.69, 9.17) is 79.8 Å². The molecule has 1 aliphatic carbocycles. The summed E-state index contributed by atoms with van der Waals surface area (Å²) in [7, 11) is 0. The lowest BCUT2D eigenvalue weighted by Crippen LogP contribution is -2.70. The highest BCUT2D eigenvalue weighted by Gasteiger charge is 2.56. The second kappa shape index (κ2) is 36.8. The average molecular weight is 1310 g/mol. The van der Waals surface area contributed by atoms with Crippen LogP contribution in [0.4, 0.5) is 0 Å². The fraction of sp³-hybridized carbons (Fsp3) is 0.372. The molecule has 0 bridgehead atoms. The highest BCUT2D eigenvalue weighted by molar-refractivity contribution is 5.81. The fourth-order valence-electron chi connectivity index (χ4n) is 12.5. The first-order valence-electron chi connectivity index (χ1n) is 33.3. The molecule has 96 heavy (non-hydrogen) atoms. The number of nitrogens with two attached hydrogens (primary N) is 4. The third-order valence-electron chi connectivity index (χ3n) is 17.5. The largest absolute Gasteiger partial charge is 0.374 e. The van der Waals surface area contributed by atoms with Crippen LogP contribution < -0.4 is 28.3 Å². The number of carbonyl (C=O) groups is 1. The van der Waals surface area contributed by atoms with E-state index in [0.717, 1.165) is 44.5 Å². The second-order valence-electron chi connectivity index (χ2n) is 24.5. The Balaban J connectivity index is 0.991. The SMILES string of the molecule is NCCC(OCc1ccccc1)C(=O)N[C@H]1C[C@@H](N)[C@H](O[C@H]2O[C@H](CN)[C@@H](OCc3ccccc3)[C@H](OCc3ccccc3)[C@H]2OCc2ccccc2)[C@@H](OCc2ccccc2)[C@@H]1O[C@H]1O[C@H](COCc2ccccc2)[C@@H](OCc2ccccc2)[C@H](N)[C@H]1OCc1ccccc1. The minimum absolute atomic E-state index is 0.0205. The predicted molar refractivity (Wildman–Crippen MR) is 364 cm³/mol. The van der Waals surface area contributed by atoms with E-state index in [1.807, 2.05) is 243 Å². The Hall–Kier alpha value is -7.41. The summed E-state index contributed by atoms with van der Waals surface area (Å²) in [6.07, 6.45) is -12.5. The van der Waals surface area contributed by atoms with Crippen molar-refractivity contribution in [3.05, 3.63) is 287 Å². The molecule has 0 spiro atoms. The van der Waals surface area contributed by atoms with Gasteiger partial charge in [0.25, 0.3) is 0 Å². The van der Waals surface area contributed by atoms with E-state index in [2.05, 4.69) is 5.32 Å². The van der Waals surface area contributed by atoms with Crippen LogP contribution in [0.5, 0.6) is 0 Å². The lowest BCUT2D eigenvalue weighted by atomic mass is 9.83. The zero-order chi connectivity index (χ0) is 66.1. The number of ether oxygens (including phenoxy) is 12. The number of amides is 1. The summed E-state index contributed by atoms with van der Waals surface area (Å²) in [6.45, 7) is 1.66. The van der Waals surface area contributed by atoms with E-state index < -0.39 is 104 Å². The van der Waals surface area contributed by atoms with Gasteiger partial charge in [-0.2, -0.15) is 0 Å². The van der Waals surface area contributed by atoms with E-state index in [1.54, 1.807) is 0 Å². The molecular formula is C78H91N5O13. The van der Waals surface area contributed by atoms with Crippen LogP contribution in [0.15, 0.2) is 243 Å². The molecule has 1 unspecified atom stereocenters. The van der Waals surface area contributed by atoms with Gasteiger partial charge in [0, 0.05) is 12.6 Å². The topological polar surface area (TPSA) is 244 Å². The van der Waals surface area contributed by atoms with E-state index in [-0.39, 0.29) is 85.4 Å². The zero-order valence-electron chi connectivity index (χ0n) is 54.1. The van der Waals surface area contributed by atoms with Gasteiger partial charge < -0.3 is 85.1 Å². The Morgan fingerprint density at radius 3 is 1.17 bits per heavy atom.